The quantitative estimate of drug-likeness (QED) is 0.876. The van der Waals surface area contributed by atoms with Gasteiger partial charge in [0.25, 0.3) is 0 Å². The second-order valence-corrected chi connectivity index (χ2v) is 7.82. The highest BCUT2D eigenvalue weighted by Gasteiger charge is 2.23. The van der Waals surface area contributed by atoms with Crippen molar-refractivity contribution in [3.8, 4) is 0 Å². The van der Waals surface area contributed by atoms with Gasteiger partial charge in [-0.3, -0.25) is 4.79 Å². The van der Waals surface area contributed by atoms with Crippen LogP contribution in [0.4, 0.5) is 15.8 Å². The van der Waals surface area contributed by atoms with Crippen LogP contribution in [0.2, 0.25) is 0 Å². The van der Waals surface area contributed by atoms with Crippen LogP contribution in [0.5, 0.6) is 0 Å². The van der Waals surface area contributed by atoms with Gasteiger partial charge in [0.15, 0.2) is 0 Å². The molecule has 2 aliphatic rings. The normalized spacial score (nSPS) is 17.8. The lowest BCUT2D eigenvalue weighted by molar-refractivity contribution is -0.120. The van der Waals surface area contributed by atoms with Crippen LogP contribution in [0.3, 0.4) is 0 Å². The Morgan fingerprint density at radius 2 is 1.86 bits per heavy atom. The van der Waals surface area contributed by atoms with Crippen LogP contribution in [0.1, 0.15) is 31.2 Å². The minimum absolute atomic E-state index is 0.0981. The number of nitrogens with zero attached hydrogens (tertiary/aromatic N) is 2. The average Bonchev–Trinajstić information content (AvgIpc) is 2.91. The molecule has 0 spiro atoms. The maximum Gasteiger partial charge on any atom is 0.239 e. The highest BCUT2D eigenvalue weighted by molar-refractivity contribution is 5.82. The van der Waals surface area contributed by atoms with E-state index in [9.17, 15) is 9.18 Å². The average molecular weight is 381 g/mol. The number of nitrogens with one attached hydrogen (secondary N) is 1. The third-order valence-corrected chi connectivity index (χ3v) is 5.82. The van der Waals surface area contributed by atoms with Gasteiger partial charge in [-0.15, -0.1) is 0 Å². The minimum Gasteiger partial charge on any atom is -0.371 e. The molecule has 2 heterocycles. The molecule has 0 bridgehead atoms. The third kappa shape index (κ3) is 4.46. The van der Waals surface area contributed by atoms with Crippen LogP contribution in [0, 0.1) is 5.82 Å². The van der Waals surface area contributed by atoms with Crippen molar-refractivity contribution >= 4 is 17.3 Å². The first-order valence-corrected chi connectivity index (χ1v) is 10.3. The SMILES string of the molecule is O=C(CN1CCCCc2ccccc21)NC1CCN(c2cccc(F)c2)CC1. The summed E-state index contributed by atoms with van der Waals surface area (Å²) in [7, 11) is 0. The van der Waals surface area contributed by atoms with E-state index in [0.29, 0.717) is 6.54 Å². The molecule has 1 amide bonds. The van der Waals surface area contributed by atoms with Crippen molar-refractivity contribution in [3.05, 3.63) is 59.9 Å². The van der Waals surface area contributed by atoms with E-state index in [2.05, 4.69) is 39.4 Å². The van der Waals surface area contributed by atoms with Crippen molar-refractivity contribution < 1.29 is 9.18 Å². The molecule has 4 rings (SSSR count). The Balaban J connectivity index is 1.30. The Hall–Kier alpha value is -2.56. The molecule has 1 saturated heterocycles. The first kappa shape index (κ1) is 18.8. The molecule has 2 aromatic carbocycles. The van der Waals surface area contributed by atoms with Crippen LogP contribution >= 0.6 is 0 Å². The molecular weight excluding hydrogens is 353 g/mol. The number of carbonyl (C=O) groups is 1. The second kappa shape index (κ2) is 8.63. The molecule has 148 valence electrons. The predicted octanol–water partition coefficient (Wildman–Crippen LogP) is 3.75. The highest BCUT2D eigenvalue weighted by Crippen LogP contribution is 2.26. The number of para-hydroxylation sites is 1. The second-order valence-electron chi connectivity index (χ2n) is 7.82. The monoisotopic (exact) mass is 381 g/mol. The lowest BCUT2D eigenvalue weighted by Crippen LogP contribution is -2.47. The maximum atomic E-state index is 13.4. The van der Waals surface area contributed by atoms with Gasteiger partial charge in [0.05, 0.1) is 6.54 Å². The number of anilines is 2. The molecule has 1 N–H and O–H groups in total. The van der Waals surface area contributed by atoms with E-state index in [1.807, 2.05) is 6.07 Å². The fourth-order valence-corrected chi connectivity index (χ4v) is 4.34. The Bertz CT molecular complexity index is 817. The molecule has 0 aromatic heterocycles. The lowest BCUT2D eigenvalue weighted by Gasteiger charge is -2.34. The standard InChI is InChI=1S/C23H28FN3O/c24-19-8-5-9-21(16-19)26-14-11-20(12-15-26)25-23(28)17-27-13-4-3-7-18-6-1-2-10-22(18)27/h1-2,5-6,8-10,16,20H,3-4,7,11-15,17H2,(H,25,28). The van der Waals surface area contributed by atoms with E-state index in [4.69, 9.17) is 0 Å². The fraction of sp³-hybridized carbons (Fsp3) is 0.435. The molecule has 0 atom stereocenters. The molecule has 1 fully saturated rings. The zero-order chi connectivity index (χ0) is 19.3. The van der Waals surface area contributed by atoms with E-state index in [1.165, 1.54) is 23.7 Å². The topological polar surface area (TPSA) is 35.6 Å². The van der Waals surface area contributed by atoms with Crippen LogP contribution in [0.15, 0.2) is 48.5 Å². The number of rotatable bonds is 4. The molecule has 2 aliphatic heterocycles. The summed E-state index contributed by atoms with van der Waals surface area (Å²) in [5.41, 5.74) is 3.47. The molecule has 0 unspecified atom stereocenters. The Labute approximate surface area is 166 Å². The van der Waals surface area contributed by atoms with Gasteiger partial charge >= 0.3 is 0 Å². The summed E-state index contributed by atoms with van der Waals surface area (Å²) in [4.78, 5) is 17.1. The van der Waals surface area contributed by atoms with E-state index < -0.39 is 0 Å². The van der Waals surface area contributed by atoms with Gasteiger partial charge < -0.3 is 15.1 Å². The van der Waals surface area contributed by atoms with E-state index >= 15 is 0 Å². The number of fused-ring (bicyclic) bond motifs is 1. The summed E-state index contributed by atoms with van der Waals surface area (Å²) in [6, 6.07) is 15.4. The van der Waals surface area contributed by atoms with Crippen LogP contribution in [-0.4, -0.2) is 38.1 Å². The summed E-state index contributed by atoms with van der Waals surface area (Å²) in [5, 5.41) is 3.22. The smallest absolute Gasteiger partial charge is 0.239 e. The van der Waals surface area contributed by atoms with Crippen molar-refractivity contribution in [1.82, 2.24) is 5.32 Å². The Kier molecular flexibility index (Phi) is 5.79. The van der Waals surface area contributed by atoms with Gasteiger partial charge in [-0.1, -0.05) is 24.3 Å². The summed E-state index contributed by atoms with van der Waals surface area (Å²) in [6.07, 6.45) is 5.16. The van der Waals surface area contributed by atoms with Gasteiger partial charge in [0.1, 0.15) is 5.82 Å². The number of aryl methyl sites for hydroxylation is 1. The van der Waals surface area contributed by atoms with E-state index in [-0.39, 0.29) is 17.8 Å². The zero-order valence-electron chi connectivity index (χ0n) is 16.2. The van der Waals surface area contributed by atoms with Crippen LogP contribution in [-0.2, 0) is 11.2 Å². The number of carbonyl (C=O) groups excluding carboxylic acids is 1. The predicted molar refractivity (Wildman–Crippen MR) is 111 cm³/mol. The lowest BCUT2D eigenvalue weighted by atomic mass is 10.0. The van der Waals surface area contributed by atoms with Crippen molar-refractivity contribution in [2.24, 2.45) is 0 Å². The molecule has 0 aliphatic carbocycles. The van der Waals surface area contributed by atoms with Crippen LogP contribution in [0.25, 0.3) is 0 Å². The van der Waals surface area contributed by atoms with Gasteiger partial charge in [-0.25, -0.2) is 4.39 Å². The van der Waals surface area contributed by atoms with Gasteiger partial charge in [0.2, 0.25) is 5.91 Å². The van der Waals surface area contributed by atoms with Crippen molar-refractivity contribution in [1.29, 1.82) is 0 Å². The van der Waals surface area contributed by atoms with Gasteiger partial charge in [0, 0.05) is 37.1 Å². The molecule has 0 radical (unpaired) electrons. The van der Waals surface area contributed by atoms with Crippen LogP contribution < -0.4 is 15.1 Å². The highest BCUT2D eigenvalue weighted by atomic mass is 19.1. The largest absolute Gasteiger partial charge is 0.371 e. The molecule has 28 heavy (non-hydrogen) atoms. The Morgan fingerprint density at radius 3 is 2.68 bits per heavy atom. The molecule has 4 nitrogen and oxygen atoms in total. The van der Waals surface area contributed by atoms with E-state index in [0.717, 1.165) is 51.0 Å². The summed E-state index contributed by atoms with van der Waals surface area (Å²) >= 11 is 0. The molecular formula is C23H28FN3O. The maximum absolute atomic E-state index is 13.4. The number of amides is 1. The van der Waals surface area contributed by atoms with E-state index in [1.54, 1.807) is 12.1 Å². The number of hydrogen-bond acceptors (Lipinski definition) is 3. The van der Waals surface area contributed by atoms with Gasteiger partial charge in [-0.2, -0.15) is 0 Å². The zero-order valence-corrected chi connectivity index (χ0v) is 16.2. The minimum atomic E-state index is -0.203. The van der Waals surface area contributed by atoms with Gasteiger partial charge in [-0.05, 0) is 61.9 Å². The fourth-order valence-electron chi connectivity index (χ4n) is 4.34. The third-order valence-electron chi connectivity index (χ3n) is 5.82. The number of benzene rings is 2. The molecule has 5 heteroatoms. The number of piperidine rings is 1. The van der Waals surface area contributed by atoms with Crippen molar-refractivity contribution in [3.63, 3.8) is 0 Å². The summed E-state index contributed by atoms with van der Waals surface area (Å²) in [6.45, 7) is 3.02. The first-order valence-electron chi connectivity index (χ1n) is 10.3. The number of hydrogen-bond donors (Lipinski definition) is 1. The molecule has 2 aromatic rings. The summed E-state index contributed by atoms with van der Waals surface area (Å²) in [5.74, 6) is -0.105. The first-order chi connectivity index (χ1) is 13.7. The Morgan fingerprint density at radius 1 is 1.04 bits per heavy atom. The van der Waals surface area contributed by atoms with Crippen molar-refractivity contribution in [2.75, 3.05) is 36.0 Å². The van der Waals surface area contributed by atoms with Crippen molar-refractivity contribution in [2.45, 2.75) is 38.1 Å². The summed E-state index contributed by atoms with van der Waals surface area (Å²) < 4.78 is 13.4. The molecule has 0 saturated carbocycles. The number of halogens is 1.